The van der Waals surface area contributed by atoms with E-state index in [1.54, 1.807) is 13.8 Å². The molecule has 0 aromatic carbocycles. The van der Waals surface area contributed by atoms with Crippen LogP contribution in [0, 0.1) is 4.77 Å². The van der Waals surface area contributed by atoms with Gasteiger partial charge < -0.3 is 9.47 Å². The number of hydrogen-bond acceptors (Lipinski definition) is 6. The first-order chi connectivity index (χ1) is 9.49. The SMILES string of the molecule is CCOC(=O)C(=Cn1ccc(=O)[nH]c1=S)C(=O)OCC. The number of nitrogens with one attached hydrogen (secondary N) is 1. The topological polar surface area (TPSA) is 90.4 Å². The lowest BCUT2D eigenvalue weighted by Gasteiger charge is -2.07. The first-order valence-corrected chi connectivity index (χ1v) is 6.28. The molecule has 0 bridgehead atoms. The van der Waals surface area contributed by atoms with Gasteiger partial charge in [-0.2, -0.15) is 0 Å². The van der Waals surface area contributed by atoms with Crippen molar-refractivity contribution in [2.45, 2.75) is 13.8 Å². The molecule has 0 saturated heterocycles. The lowest BCUT2D eigenvalue weighted by Crippen LogP contribution is -2.19. The van der Waals surface area contributed by atoms with Crippen LogP contribution in [-0.4, -0.2) is 34.7 Å². The van der Waals surface area contributed by atoms with Crippen LogP contribution in [0.5, 0.6) is 0 Å². The number of rotatable bonds is 5. The molecule has 1 aromatic rings. The number of H-pyrrole nitrogens is 1. The molecular weight excluding hydrogens is 284 g/mol. The molecular formula is C12H14N2O5S. The predicted octanol–water partition coefficient (Wildman–Crippen LogP) is 0.873. The third-order valence-electron chi connectivity index (χ3n) is 2.11. The number of hydrogen-bond donors (Lipinski definition) is 1. The molecule has 20 heavy (non-hydrogen) atoms. The van der Waals surface area contributed by atoms with Crippen molar-refractivity contribution < 1.29 is 19.1 Å². The Hall–Kier alpha value is -2.22. The van der Waals surface area contributed by atoms with Gasteiger partial charge in [-0.3, -0.25) is 14.3 Å². The van der Waals surface area contributed by atoms with E-state index < -0.39 is 11.9 Å². The van der Waals surface area contributed by atoms with Gasteiger partial charge >= 0.3 is 11.9 Å². The van der Waals surface area contributed by atoms with E-state index in [2.05, 4.69) is 4.98 Å². The van der Waals surface area contributed by atoms with Gasteiger partial charge in [0, 0.05) is 18.5 Å². The number of nitrogens with zero attached hydrogens (tertiary/aromatic N) is 1. The Bertz CT molecular complexity index is 624. The fourth-order valence-corrected chi connectivity index (χ4v) is 1.49. The van der Waals surface area contributed by atoms with Crippen molar-refractivity contribution in [3.8, 4) is 0 Å². The maximum Gasteiger partial charge on any atom is 0.347 e. The molecule has 0 saturated carbocycles. The van der Waals surface area contributed by atoms with Gasteiger partial charge in [0.2, 0.25) is 0 Å². The molecule has 108 valence electrons. The van der Waals surface area contributed by atoms with E-state index in [9.17, 15) is 14.4 Å². The Morgan fingerprint density at radius 1 is 1.30 bits per heavy atom. The van der Waals surface area contributed by atoms with Gasteiger partial charge in [-0.05, 0) is 26.1 Å². The summed E-state index contributed by atoms with van der Waals surface area (Å²) in [7, 11) is 0. The van der Waals surface area contributed by atoms with Crippen molar-refractivity contribution in [1.29, 1.82) is 0 Å². The van der Waals surface area contributed by atoms with E-state index in [0.717, 1.165) is 6.20 Å². The molecule has 8 heteroatoms. The molecule has 0 aliphatic carbocycles. The van der Waals surface area contributed by atoms with E-state index >= 15 is 0 Å². The molecule has 0 amide bonds. The summed E-state index contributed by atoms with van der Waals surface area (Å²) in [5.74, 6) is -1.64. The van der Waals surface area contributed by atoms with Crippen molar-refractivity contribution in [2.24, 2.45) is 0 Å². The van der Waals surface area contributed by atoms with Crippen LogP contribution in [0.4, 0.5) is 0 Å². The summed E-state index contributed by atoms with van der Waals surface area (Å²) in [5.41, 5.74) is -0.690. The van der Waals surface area contributed by atoms with Crippen LogP contribution in [-0.2, 0) is 19.1 Å². The van der Waals surface area contributed by atoms with E-state index in [0.29, 0.717) is 0 Å². The second-order valence-corrected chi connectivity index (χ2v) is 3.89. The lowest BCUT2D eigenvalue weighted by molar-refractivity contribution is -0.146. The maximum absolute atomic E-state index is 11.7. The van der Waals surface area contributed by atoms with Crippen molar-refractivity contribution in [2.75, 3.05) is 13.2 Å². The fourth-order valence-electron chi connectivity index (χ4n) is 1.27. The maximum atomic E-state index is 11.7. The highest BCUT2D eigenvalue weighted by Gasteiger charge is 2.21. The first-order valence-electron chi connectivity index (χ1n) is 5.87. The van der Waals surface area contributed by atoms with E-state index in [-0.39, 0.29) is 29.1 Å². The Labute approximate surface area is 119 Å². The molecule has 1 rings (SSSR count). The zero-order valence-electron chi connectivity index (χ0n) is 11.0. The highest BCUT2D eigenvalue weighted by molar-refractivity contribution is 7.71. The van der Waals surface area contributed by atoms with Gasteiger partial charge in [0.25, 0.3) is 5.56 Å². The first kappa shape index (κ1) is 15.8. The largest absolute Gasteiger partial charge is 0.462 e. The molecule has 1 aromatic heterocycles. The molecule has 0 aliphatic heterocycles. The molecule has 7 nitrogen and oxygen atoms in total. The minimum absolute atomic E-state index is 0.0450. The Morgan fingerprint density at radius 2 is 1.85 bits per heavy atom. The average molecular weight is 298 g/mol. The second kappa shape index (κ2) is 7.39. The zero-order chi connectivity index (χ0) is 15.1. The Kier molecular flexibility index (Phi) is 5.85. The molecule has 0 atom stereocenters. The average Bonchev–Trinajstić information content (AvgIpc) is 2.38. The van der Waals surface area contributed by atoms with E-state index in [1.807, 2.05) is 0 Å². The quantitative estimate of drug-likeness (QED) is 0.285. The summed E-state index contributed by atoms with van der Waals surface area (Å²) >= 11 is 4.92. The summed E-state index contributed by atoms with van der Waals surface area (Å²) < 4.78 is 10.9. The number of carbonyl (C=O) groups is 2. The molecule has 0 unspecified atom stereocenters. The summed E-state index contributed by atoms with van der Waals surface area (Å²) in [6, 6.07) is 1.21. The zero-order valence-corrected chi connectivity index (χ0v) is 11.9. The smallest absolute Gasteiger partial charge is 0.347 e. The second-order valence-electron chi connectivity index (χ2n) is 3.50. The fraction of sp³-hybridized carbons (Fsp3) is 0.333. The van der Waals surface area contributed by atoms with Crippen molar-refractivity contribution in [3.05, 3.63) is 33.0 Å². The summed E-state index contributed by atoms with van der Waals surface area (Å²) in [6.07, 6.45) is 2.49. The van der Waals surface area contributed by atoms with Gasteiger partial charge in [0.05, 0.1) is 13.2 Å². The number of aromatic nitrogens is 2. The highest BCUT2D eigenvalue weighted by Crippen LogP contribution is 2.05. The molecule has 1 heterocycles. The number of aromatic amines is 1. The van der Waals surface area contributed by atoms with Crippen molar-refractivity contribution in [1.82, 2.24) is 9.55 Å². The van der Waals surface area contributed by atoms with Gasteiger partial charge in [-0.1, -0.05) is 0 Å². The summed E-state index contributed by atoms with van der Waals surface area (Å²) in [5, 5.41) is 0. The molecule has 0 radical (unpaired) electrons. The normalized spacial score (nSPS) is 9.70. The van der Waals surface area contributed by atoms with Gasteiger partial charge in [-0.25, -0.2) is 9.59 Å². The van der Waals surface area contributed by atoms with E-state index in [1.165, 1.54) is 16.8 Å². The van der Waals surface area contributed by atoms with Crippen LogP contribution in [0.25, 0.3) is 6.20 Å². The molecule has 1 N–H and O–H groups in total. The third-order valence-corrected chi connectivity index (χ3v) is 2.42. The standard InChI is InChI=1S/C12H14N2O5S/c1-3-18-10(16)8(11(17)19-4-2)7-14-6-5-9(15)13-12(14)20/h5-7H,3-4H2,1-2H3,(H,13,15,20). The van der Waals surface area contributed by atoms with Gasteiger partial charge in [0.1, 0.15) is 0 Å². The minimum Gasteiger partial charge on any atom is -0.462 e. The van der Waals surface area contributed by atoms with Crippen LogP contribution in [0.2, 0.25) is 0 Å². The summed E-state index contributed by atoms with van der Waals surface area (Å²) in [6.45, 7) is 3.47. The number of carbonyl (C=O) groups excluding carboxylic acids is 2. The van der Waals surface area contributed by atoms with Crippen LogP contribution >= 0.6 is 12.2 Å². The van der Waals surface area contributed by atoms with E-state index in [4.69, 9.17) is 21.7 Å². The van der Waals surface area contributed by atoms with Crippen LogP contribution in [0.15, 0.2) is 22.6 Å². The number of esters is 2. The number of ether oxygens (including phenoxy) is 2. The highest BCUT2D eigenvalue weighted by atomic mass is 32.1. The van der Waals surface area contributed by atoms with Crippen LogP contribution < -0.4 is 5.56 Å². The van der Waals surface area contributed by atoms with Crippen LogP contribution in [0.1, 0.15) is 13.8 Å². The van der Waals surface area contributed by atoms with Crippen molar-refractivity contribution >= 4 is 30.4 Å². The van der Waals surface area contributed by atoms with Gasteiger partial charge in [-0.15, -0.1) is 0 Å². The third kappa shape index (κ3) is 4.16. The molecule has 0 aliphatic rings. The van der Waals surface area contributed by atoms with Gasteiger partial charge in [0.15, 0.2) is 10.3 Å². The lowest BCUT2D eigenvalue weighted by atomic mass is 10.3. The predicted molar refractivity (Wildman–Crippen MR) is 73.4 cm³/mol. The molecule has 0 spiro atoms. The molecule has 0 fully saturated rings. The Morgan fingerprint density at radius 3 is 2.30 bits per heavy atom. The van der Waals surface area contributed by atoms with Crippen molar-refractivity contribution in [3.63, 3.8) is 0 Å². The monoisotopic (exact) mass is 298 g/mol. The minimum atomic E-state index is -0.820. The van der Waals surface area contributed by atoms with Crippen LogP contribution in [0.3, 0.4) is 0 Å². The Balaban J connectivity index is 3.24. The summed E-state index contributed by atoms with van der Waals surface area (Å²) in [4.78, 5) is 36.9.